The maximum Gasteiger partial charge on any atom is 0.251 e. The predicted molar refractivity (Wildman–Crippen MR) is 90.7 cm³/mol. The Morgan fingerprint density at radius 3 is 3.08 bits per heavy atom. The largest absolute Gasteiger partial charge is 0.366 e. The predicted octanol–water partition coefficient (Wildman–Crippen LogP) is 0.930. The molecule has 1 saturated heterocycles. The quantitative estimate of drug-likeness (QED) is 0.808. The van der Waals surface area contributed by atoms with Gasteiger partial charge >= 0.3 is 0 Å². The molecule has 0 bridgehead atoms. The molecule has 0 unspecified atom stereocenters. The molecule has 1 aliphatic heterocycles. The van der Waals surface area contributed by atoms with Gasteiger partial charge in [-0.3, -0.25) is 19.2 Å². The third kappa shape index (κ3) is 3.46. The number of primary amides is 1. The molecule has 0 radical (unpaired) electrons. The van der Waals surface area contributed by atoms with Crippen molar-refractivity contribution in [1.82, 2.24) is 19.7 Å². The summed E-state index contributed by atoms with van der Waals surface area (Å²) in [6.07, 6.45) is 5.26. The van der Waals surface area contributed by atoms with Crippen LogP contribution in [0.3, 0.4) is 0 Å². The lowest BCUT2D eigenvalue weighted by atomic mass is 10.2. The molecule has 9 heteroatoms. The first-order valence-electron chi connectivity index (χ1n) is 7.82. The highest BCUT2D eigenvalue weighted by Gasteiger charge is 2.32. The Hall–Kier alpha value is -2.26. The van der Waals surface area contributed by atoms with Gasteiger partial charge in [-0.15, -0.1) is 11.3 Å². The number of aromatic nitrogens is 3. The van der Waals surface area contributed by atoms with E-state index in [-0.39, 0.29) is 18.0 Å². The summed E-state index contributed by atoms with van der Waals surface area (Å²) in [5, 5.41) is 9.21. The first kappa shape index (κ1) is 16.6. The molecule has 2 aromatic rings. The Kier molecular flexibility index (Phi) is 4.91. The van der Waals surface area contributed by atoms with Gasteiger partial charge in [-0.2, -0.15) is 5.10 Å². The number of nitrogens with two attached hydrogens (primary N) is 1. The standard InChI is InChI=1S/C15H20N6O2S/c1-10(14(23)19-15-12(13(16)22)4-6-24-15)21-5-2-3-11(21)7-20-9-17-8-18-20/h4,6,8-11H,2-3,5,7H2,1H3,(H2,16,22)(H,19,23)/t10-,11+/m0/s1. The minimum absolute atomic E-state index is 0.134. The van der Waals surface area contributed by atoms with Crippen LogP contribution in [0.1, 0.15) is 30.1 Å². The molecule has 0 spiro atoms. The van der Waals surface area contributed by atoms with Crippen LogP contribution >= 0.6 is 11.3 Å². The van der Waals surface area contributed by atoms with E-state index >= 15 is 0 Å². The Morgan fingerprint density at radius 2 is 2.38 bits per heavy atom. The monoisotopic (exact) mass is 348 g/mol. The van der Waals surface area contributed by atoms with E-state index < -0.39 is 5.91 Å². The van der Waals surface area contributed by atoms with Crippen LogP contribution in [-0.4, -0.2) is 50.1 Å². The van der Waals surface area contributed by atoms with Gasteiger partial charge < -0.3 is 11.1 Å². The number of amides is 2. The molecule has 2 aromatic heterocycles. The lowest BCUT2D eigenvalue weighted by molar-refractivity contribution is -0.121. The van der Waals surface area contributed by atoms with Crippen molar-refractivity contribution in [2.24, 2.45) is 5.73 Å². The topological polar surface area (TPSA) is 106 Å². The average Bonchev–Trinajstić information content (AvgIpc) is 3.28. The minimum atomic E-state index is -0.538. The zero-order chi connectivity index (χ0) is 17.1. The number of rotatable bonds is 6. The van der Waals surface area contributed by atoms with Crippen LogP contribution in [0.4, 0.5) is 5.00 Å². The van der Waals surface area contributed by atoms with Gasteiger partial charge in [0.2, 0.25) is 5.91 Å². The second-order valence-corrected chi connectivity index (χ2v) is 6.76. The second kappa shape index (κ2) is 7.10. The van der Waals surface area contributed by atoms with Crippen LogP contribution in [0.15, 0.2) is 24.1 Å². The van der Waals surface area contributed by atoms with Crippen molar-refractivity contribution < 1.29 is 9.59 Å². The second-order valence-electron chi connectivity index (χ2n) is 5.84. The number of likely N-dealkylation sites (tertiary alicyclic amines) is 1. The first-order chi connectivity index (χ1) is 11.6. The van der Waals surface area contributed by atoms with Gasteiger partial charge in [-0.25, -0.2) is 4.98 Å². The summed E-state index contributed by atoms with van der Waals surface area (Å²) in [4.78, 5) is 30.1. The number of nitrogens with zero attached hydrogens (tertiary/aromatic N) is 4. The fourth-order valence-corrected chi connectivity index (χ4v) is 3.87. The van der Waals surface area contributed by atoms with E-state index in [0.717, 1.165) is 19.4 Å². The van der Waals surface area contributed by atoms with Crippen LogP contribution in [0.5, 0.6) is 0 Å². The zero-order valence-electron chi connectivity index (χ0n) is 13.4. The molecule has 3 rings (SSSR count). The Labute approximate surface area is 143 Å². The molecule has 0 aromatic carbocycles. The number of hydrogen-bond donors (Lipinski definition) is 2. The molecule has 2 atom stereocenters. The summed E-state index contributed by atoms with van der Waals surface area (Å²) in [5.41, 5.74) is 5.67. The van der Waals surface area contributed by atoms with Crippen LogP contribution < -0.4 is 11.1 Å². The molecular formula is C15H20N6O2S. The van der Waals surface area contributed by atoms with Crippen molar-refractivity contribution >= 4 is 28.2 Å². The third-order valence-electron chi connectivity index (χ3n) is 4.33. The minimum Gasteiger partial charge on any atom is -0.366 e. The Morgan fingerprint density at radius 1 is 1.54 bits per heavy atom. The SMILES string of the molecule is C[C@@H](C(=O)Nc1sccc1C(N)=O)N1CCC[C@@H]1Cn1cncn1. The highest BCUT2D eigenvalue weighted by atomic mass is 32.1. The van der Waals surface area contributed by atoms with E-state index in [2.05, 4.69) is 20.3 Å². The van der Waals surface area contributed by atoms with Crippen molar-refractivity contribution in [1.29, 1.82) is 0 Å². The highest BCUT2D eigenvalue weighted by molar-refractivity contribution is 7.14. The summed E-state index contributed by atoms with van der Waals surface area (Å²) in [7, 11) is 0. The summed E-state index contributed by atoms with van der Waals surface area (Å²) in [6, 6.07) is 1.56. The fourth-order valence-electron chi connectivity index (χ4n) is 3.07. The van der Waals surface area contributed by atoms with Gasteiger partial charge in [0.1, 0.15) is 17.7 Å². The molecule has 2 amide bonds. The molecule has 24 heavy (non-hydrogen) atoms. The molecule has 128 valence electrons. The van der Waals surface area contributed by atoms with Crippen molar-refractivity contribution in [2.75, 3.05) is 11.9 Å². The molecule has 3 N–H and O–H groups in total. The van der Waals surface area contributed by atoms with Crippen LogP contribution in [0, 0.1) is 0 Å². The van der Waals surface area contributed by atoms with Crippen LogP contribution in [-0.2, 0) is 11.3 Å². The van der Waals surface area contributed by atoms with Crippen LogP contribution in [0.25, 0.3) is 0 Å². The molecular weight excluding hydrogens is 328 g/mol. The van der Waals surface area contributed by atoms with E-state index in [1.165, 1.54) is 17.7 Å². The van der Waals surface area contributed by atoms with Gasteiger partial charge in [-0.05, 0) is 37.8 Å². The maximum atomic E-state index is 12.6. The number of carbonyl (C=O) groups is 2. The third-order valence-corrected chi connectivity index (χ3v) is 5.16. The number of nitrogens with one attached hydrogen (secondary N) is 1. The van der Waals surface area contributed by atoms with E-state index in [1.54, 1.807) is 22.5 Å². The molecule has 0 aliphatic carbocycles. The maximum absolute atomic E-state index is 12.6. The number of hydrogen-bond acceptors (Lipinski definition) is 6. The summed E-state index contributed by atoms with van der Waals surface area (Å²) in [5.74, 6) is -0.671. The molecule has 1 fully saturated rings. The molecule has 3 heterocycles. The zero-order valence-corrected chi connectivity index (χ0v) is 14.2. The van der Waals surface area contributed by atoms with Crippen LogP contribution in [0.2, 0.25) is 0 Å². The number of anilines is 1. The summed E-state index contributed by atoms with van der Waals surface area (Å²) >= 11 is 1.30. The smallest absolute Gasteiger partial charge is 0.251 e. The van der Waals surface area contributed by atoms with Gasteiger partial charge in [0.05, 0.1) is 18.2 Å². The van der Waals surface area contributed by atoms with E-state index in [1.807, 2.05) is 6.92 Å². The van der Waals surface area contributed by atoms with Crippen molar-refractivity contribution in [2.45, 2.75) is 38.4 Å². The number of thiophene rings is 1. The van der Waals surface area contributed by atoms with E-state index in [0.29, 0.717) is 17.1 Å². The molecule has 0 saturated carbocycles. The number of carbonyl (C=O) groups excluding carboxylic acids is 2. The molecule has 8 nitrogen and oxygen atoms in total. The normalized spacial score (nSPS) is 19.3. The van der Waals surface area contributed by atoms with Crippen molar-refractivity contribution in [3.8, 4) is 0 Å². The first-order valence-corrected chi connectivity index (χ1v) is 8.70. The van der Waals surface area contributed by atoms with Crippen molar-refractivity contribution in [3.63, 3.8) is 0 Å². The summed E-state index contributed by atoms with van der Waals surface area (Å²) < 4.78 is 1.79. The highest BCUT2D eigenvalue weighted by Crippen LogP contribution is 2.25. The molecule has 1 aliphatic rings. The Bertz CT molecular complexity index is 713. The average molecular weight is 348 g/mol. The summed E-state index contributed by atoms with van der Waals surface area (Å²) in [6.45, 7) is 3.46. The van der Waals surface area contributed by atoms with E-state index in [4.69, 9.17) is 5.73 Å². The van der Waals surface area contributed by atoms with E-state index in [9.17, 15) is 9.59 Å². The van der Waals surface area contributed by atoms with Gasteiger partial charge in [0, 0.05) is 6.04 Å². The lowest BCUT2D eigenvalue weighted by Crippen LogP contribution is -2.46. The van der Waals surface area contributed by atoms with Gasteiger partial charge in [0.15, 0.2) is 0 Å². The lowest BCUT2D eigenvalue weighted by Gasteiger charge is -2.29. The van der Waals surface area contributed by atoms with Gasteiger partial charge in [0.25, 0.3) is 5.91 Å². The Balaban J connectivity index is 1.66. The fraction of sp³-hybridized carbons (Fsp3) is 0.467. The van der Waals surface area contributed by atoms with Crippen molar-refractivity contribution in [3.05, 3.63) is 29.7 Å². The van der Waals surface area contributed by atoms with Gasteiger partial charge in [-0.1, -0.05) is 0 Å².